The van der Waals surface area contributed by atoms with Crippen LogP contribution in [0.2, 0.25) is 0 Å². The summed E-state index contributed by atoms with van der Waals surface area (Å²) in [5.41, 5.74) is -0.784. The highest BCUT2D eigenvalue weighted by Crippen LogP contribution is 2.21. The molecule has 0 N–H and O–H groups in total. The SMILES string of the molecule is O=C(c1ccc(F)c([N+](=O)[O-])c1)N1CCN(S(=O)(=O)c2ccccc2)CC1. The smallest absolute Gasteiger partial charge is 0.305 e. The summed E-state index contributed by atoms with van der Waals surface area (Å²) in [5.74, 6) is -1.52. The van der Waals surface area contributed by atoms with E-state index < -0.39 is 32.4 Å². The van der Waals surface area contributed by atoms with Gasteiger partial charge in [0.2, 0.25) is 15.8 Å². The number of nitro benzene ring substituents is 1. The monoisotopic (exact) mass is 393 g/mol. The van der Waals surface area contributed by atoms with Gasteiger partial charge < -0.3 is 4.90 Å². The zero-order chi connectivity index (χ0) is 19.6. The third kappa shape index (κ3) is 3.81. The topological polar surface area (TPSA) is 101 Å². The van der Waals surface area contributed by atoms with Crippen molar-refractivity contribution in [3.05, 3.63) is 70.0 Å². The number of hydrogen-bond acceptors (Lipinski definition) is 5. The Bertz CT molecular complexity index is 973. The second-order valence-corrected chi connectivity index (χ2v) is 7.87. The van der Waals surface area contributed by atoms with Gasteiger partial charge in [-0.25, -0.2) is 8.42 Å². The second-order valence-electron chi connectivity index (χ2n) is 5.93. The molecule has 1 heterocycles. The highest BCUT2D eigenvalue weighted by Gasteiger charge is 2.31. The summed E-state index contributed by atoms with van der Waals surface area (Å²) in [6.07, 6.45) is 0. The molecule has 0 aliphatic carbocycles. The normalized spacial score (nSPS) is 15.5. The average molecular weight is 393 g/mol. The van der Waals surface area contributed by atoms with Gasteiger partial charge in [-0.2, -0.15) is 8.70 Å². The first-order valence-electron chi connectivity index (χ1n) is 8.09. The van der Waals surface area contributed by atoms with E-state index in [1.165, 1.54) is 27.4 Å². The number of amides is 1. The predicted octanol–water partition coefficient (Wildman–Crippen LogP) is 1.88. The maximum Gasteiger partial charge on any atom is 0.305 e. The van der Waals surface area contributed by atoms with Crippen LogP contribution in [-0.4, -0.2) is 54.6 Å². The molecule has 0 radical (unpaired) electrons. The number of nitro groups is 1. The maximum atomic E-state index is 13.4. The number of halogens is 1. The Morgan fingerprint density at radius 1 is 1.04 bits per heavy atom. The van der Waals surface area contributed by atoms with Crippen LogP contribution in [0.25, 0.3) is 0 Å². The number of carbonyl (C=O) groups is 1. The number of piperazine rings is 1. The van der Waals surface area contributed by atoms with Gasteiger partial charge in [0, 0.05) is 37.8 Å². The van der Waals surface area contributed by atoms with E-state index in [-0.39, 0.29) is 36.6 Å². The number of sulfonamides is 1. The summed E-state index contributed by atoms with van der Waals surface area (Å²) in [7, 11) is -3.64. The Hall–Kier alpha value is -2.85. The van der Waals surface area contributed by atoms with Gasteiger partial charge in [0.25, 0.3) is 5.91 Å². The maximum absolute atomic E-state index is 13.4. The summed E-state index contributed by atoms with van der Waals surface area (Å²) in [5, 5.41) is 10.8. The molecule has 0 atom stereocenters. The predicted molar refractivity (Wildman–Crippen MR) is 94.2 cm³/mol. The minimum atomic E-state index is -3.64. The first-order valence-corrected chi connectivity index (χ1v) is 9.53. The van der Waals surface area contributed by atoms with Crippen LogP contribution in [0.1, 0.15) is 10.4 Å². The molecule has 10 heteroatoms. The van der Waals surface area contributed by atoms with E-state index in [9.17, 15) is 27.7 Å². The van der Waals surface area contributed by atoms with E-state index in [0.29, 0.717) is 0 Å². The first-order chi connectivity index (χ1) is 12.8. The van der Waals surface area contributed by atoms with Gasteiger partial charge in [0.15, 0.2) is 0 Å². The molecule has 3 rings (SSSR count). The van der Waals surface area contributed by atoms with Crippen molar-refractivity contribution in [2.75, 3.05) is 26.2 Å². The molecule has 27 heavy (non-hydrogen) atoms. The van der Waals surface area contributed by atoms with E-state index in [4.69, 9.17) is 0 Å². The lowest BCUT2D eigenvalue weighted by Gasteiger charge is -2.34. The molecule has 2 aromatic rings. The lowest BCUT2D eigenvalue weighted by molar-refractivity contribution is -0.387. The Morgan fingerprint density at radius 3 is 2.26 bits per heavy atom. The first kappa shape index (κ1) is 18.9. The summed E-state index contributed by atoms with van der Waals surface area (Å²) in [6.45, 7) is 0.477. The summed E-state index contributed by atoms with van der Waals surface area (Å²) in [6, 6.07) is 10.9. The van der Waals surface area contributed by atoms with Crippen LogP contribution in [0.4, 0.5) is 10.1 Å². The zero-order valence-corrected chi connectivity index (χ0v) is 14.9. The van der Waals surface area contributed by atoms with Crippen molar-refractivity contribution in [3.63, 3.8) is 0 Å². The van der Waals surface area contributed by atoms with Crippen molar-refractivity contribution in [2.45, 2.75) is 4.90 Å². The Labute approximate surface area is 155 Å². The van der Waals surface area contributed by atoms with E-state index in [2.05, 4.69) is 0 Å². The van der Waals surface area contributed by atoms with Crippen molar-refractivity contribution in [2.24, 2.45) is 0 Å². The van der Waals surface area contributed by atoms with E-state index in [0.717, 1.165) is 12.1 Å². The quantitative estimate of drug-likeness (QED) is 0.583. The molecule has 1 aliphatic rings. The molecule has 1 saturated heterocycles. The molecule has 1 aliphatic heterocycles. The molecular weight excluding hydrogens is 377 g/mol. The summed E-state index contributed by atoms with van der Waals surface area (Å²) < 4.78 is 39.9. The molecule has 0 spiro atoms. The molecule has 0 aromatic heterocycles. The van der Waals surface area contributed by atoms with Crippen LogP contribution in [-0.2, 0) is 10.0 Å². The van der Waals surface area contributed by atoms with Crippen molar-refractivity contribution in [3.8, 4) is 0 Å². The second kappa shape index (κ2) is 7.41. The van der Waals surface area contributed by atoms with Crippen LogP contribution in [0.15, 0.2) is 53.4 Å². The van der Waals surface area contributed by atoms with Gasteiger partial charge in [-0.05, 0) is 24.3 Å². The van der Waals surface area contributed by atoms with E-state index in [1.54, 1.807) is 18.2 Å². The molecular formula is C17H16FN3O5S. The van der Waals surface area contributed by atoms with E-state index in [1.807, 2.05) is 0 Å². The highest BCUT2D eigenvalue weighted by atomic mass is 32.2. The fourth-order valence-electron chi connectivity index (χ4n) is 2.84. The molecule has 1 fully saturated rings. The van der Waals surface area contributed by atoms with Crippen LogP contribution in [0.5, 0.6) is 0 Å². The summed E-state index contributed by atoms with van der Waals surface area (Å²) >= 11 is 0. The summed E-state index contributed by atoms with van der Waals surface area (Å²) in [4.78, 5) is 24.0. The largest absolute Gasteiger partial charge is 0.336 e. The van der Waals surface area contributed by atoms with Crippen molar-refractivity contribution < 1.29 is 22.5 Å². The zero-order valence-electron chi connectivity index (χ0n) is 14.1. The number of rotatable bonds is 4. The molecule has 0 saturated carbocycles. The minimum absolute atomic E-state index is 0.0116. The van der Waals surface area contributed by atoms with Gasteiger partial charge in [0.05, 0.1) is 9.82 Å². The Kier molecular flexibility index (Phi) is 5.19. The van der Waals surface area contributed by atoms with Crippen LogP contribution >= 0.6 is 0 Å². The molecule has 0 bridgehead atoms. The van der Waals surface area contributed by atoms with Crippen molar-refractivity contribution >= 4 is 21.6 Å². The number of nitrogens with zero attached hydrogens (tertiary/aromatic N) is 3. The lowest BCUT2D eigenvalue weighted by atomic mass is 10.1. The van der Waals surface area contributed by atoms with Crippen LogP contribution < -0.4 is 0 Å². The van der Waals surface area contributed by atoms with Gasteiger partial charge in [-0.1, -0.05) is 18.2 Å². The molecule has 142 valence electrons. The standard InChI is InChI=1S/C17H16FN3O5S/c18-15-7-6-13(12-16(15)21(23)24)17(22)19-8-10-20(11-9-19)27(25,26)14-4-2-1-3-5-14/h1-7,12H,8-11H2. The van der Waals surface area contributed by atoms with Gasteiger partial charge in [0.1, 0.15) is 0 Å². The fraction of sp³-hybridized carbons (Fsp3) is 0.235. The van der Waals surface area contributed by atoms with E-state index >= 15 is 0 Å². The van der Waals surface area contributed by atoms with Crippen molar-refractivity contribution in [1.82, 2.24) is 9.21 Å². The average Bonchev–Trinajstić information content (AvgIpc) is 2.68. The third-order valence-electron chi connectivity index (χ3n) is 4.30. The number of carbonyl (C=O) groups excluding carboxylic acids is 1. The van der Waals surface area contributed by atoms with Gasteiger partial charge in [-0.3, -0.25) is 14.9 Å². The molecule has 2 aromatic carbocycles. The Morgan fingerprint density at radius 2 is 1.67 bits per heavy atom. The minimum Gasteiger partial charge on any atom is -0.336 e. The third-order valence-corrected chi connectivity index (χ3v) is 6.21. The molecule has 1 amide bonds. The number of benzene rings is 2. The van der Waals surface area contributed by atoms with Crippen LogP contribution in [0.3, 0.4) is 0 Å². The van der Waals surface area contributed by atoms with Crippen LogP contribution in [0, 0.1) is 15.9 Å². The highest BCUT2D eigenvalue weighted by molar-refractivity contribution is 7.89. The fourth-order valence-corrected chi connectivity index (χ4v) is 4.28. The van der Waals surface area contributed by atoms with Gasteiger partial charge >= 0.3 is 5.69 Å². The number of hydrogen-bond donors (Lipinski definition) is 0. The molecule has 8 nitrogen and oxygen atoms in total. The van der Waals surface area contributed by atoms with Crippen molar-refractivity contribution in [1.29, 1.82) is 0 Å². The van der Waals surface area contributed by atoms with Gasteiger partial charge in [-0.15, -0.1) is 0 Å². The lowest BCUT2D eigenvalue weighted by Crippen LogP contribution is -2.50. The Balaban J connectivity index is 1.72. The molecule has 0 unspecified atom stereocenters.